The number of carboxylic acids is 1. The summed E-state index contributed by atoms with van der Waals surface area (Å²) in [6.07, 6.45) is 2.09. The summed E-state index contributed by atoms with van der Waals surface area (Å²) in [7, 11) is 0. The van der Waals surface area contributed by atoms with Gasteiger partial charge in [-0.2, -0.15) is 0 Å². The summed E-state index contributed by atoms with van der Waals surface area (Å²) in [6.45, 7) is 11.4. The summed E-state index contributed by atoms with van der Waals surface area (Å²) in [5, 5.41) is 17.5. The van der Waals surface area contributed by atoms with Crippen molar-refractivity contribution in [2.75, 3.05) is 6.54 Å². The van der Waals surface area contributed by atoms with Crippen LogP contribution in [0.15, 0.2) is 4.99 Å². The minimum atomic E-state index is -1.16. The monoisotopic (exact) mass is 513 g/mol. The first-order valence-electron chi connectivity index (χ1n) is 12.7. The zero-order valence-electron chi connectivity index (χ0n) is 22.5. The van der Waals surface area contributed by atoms with Crippen LogP contribution in [0.2, 0.25) is 0 Å². The molecule has 12 nitrogen and oxygen atoms in total. The number of nitrogens with zero attached hydrogens (tertiary/aromatic N) is 1. The molecule has 0 bridgehead atoms. The van der Waals surface area contributed by atoms with Crippen LogP contribution in [0.4, 0.5) is 0 Å². The summed E-state index contributed by atoms with van der Waals surface area (Å²) in [4.78, 5) is 54.5. The Labute approximate surface area is 214 Å². The Bertz CT molecular complexity index is 755. The van der Waals surface area contributed by atoms with E-state index in [1.54, 1.807) is 6.92 Å². The zero-order valence-corrected chi connectivity index (χ0v) is 22.5. The maximum Gasteiger partial charge on any atom is 0.326 e. The lowest BCUT2D eigenvalue weighted by molar-refractivity contribution is -0.144. The van der Waals surface area contributed by atoms with E-state index >= 15 is 0 Å². The van der Waals surface area contributed by atoms with Crippen LogP contribution in [-0.4, -0.2) is 65.5 Å². The number of carboxylic acid groups (broad SMARTS) is 1. The van der Waals surface area contributed by atoms with Crippen molar-refractivity contribution in [3.63, 3.8) is 0 Å². The largest absolute Gasteiger partial charge is 0.480 e. The average molecular weight is 514 g/mol. The SMILES string of the molecule is CCC(C)C(N)C(=O)NC(CC(C)C)C(=O)NC(CCCN=C(N)N)C(=O)NC(C(=O)O)C(C)CC. The van der Waals surface area contributed by atoms with Crippen LogP contribution in [-0.2, 0) is 19.2 Å². The van der Waals surface area contributed by atoms with Gasteiger partial charge < -0.3 is 38.3 Å². The highest BCUT2D eigenvalue weighted by molar-refractivity contribution is 5.94. The molecule has 6 unspecified atom stereocenters. The van der Waals surface area contributed by atoms with Gasteiger partial charge in [-0.3, -0.25) is 19.4 Å². The standard InChI is InChI=1S/C24H47N7O5/c1-7-14(5)18(25)22(34)30-17(12-13(3)4)21(33)29-16(10-9-11-28-24(26)27)20(32)31-19(23(35)36)15(6)8-2/h13-19H,7-12,25H2,1-6H3,(H,29,33)(H,30,34)(H,31,32)(H,35,36)(H4,26,27,28). The lowest BCUT2D eigenvalue weighted by atomic mass is 9.97. The second-order valence-corrected chi connectivity index (χ2v) is 9.82. The Kier molecular flexibility index (Phi) is 15.4. The van der Waals surface area contributed by atoms with Gasteiger partial charge in [0.2, 0.25) is 17.7 Å². The molecule has 36 heavy (non-hydrogen) atoms. The Morgan fingerprint density at radius 3 is 1.83 bits per heavy atom. The summed E-state index contributed by atoms with van der Waals surface area (Å²) in [6, 6.07) is -3.85. The van der Waals surface area contributed by atoms with E-state index in [1.165, 1.54) is 0 Å². The fourth-order valence-corrected chi connectivity index (χ4v) is 3.46. The van der Waals surface area contributed by atoms with Gasteiger partial charge in [0.15, 0.2) is 5.96 Å². The van der Waals surface area contributed by atoms with Gasteiger partial charge in [0.25, 0.3) is 0 Å². The molecule has 0 spiro atoms. The second-order valence-electron chi connectivity index (χ2n) is 9.82. The number of rotatable bonds is 17. The Hall–Kier alpha value is -2.89. The number of amides is 3. The molecule has 0 aliphatic carbocycles. The highest BCUT2D eigenvalue weighted by Crippen LogP contribution is 2.12. The maximum atomic E-state index is 13.2. The molecule has 12 heteroatoms. The molecular formula is C24H47N7O5. The fourth-order valence-electron chi connectivity index (χ4n) is 3.46. The fraction of sp³-hybridized carbons (Fsp3) is 0.792. The molecule has 0 aromatic rings. The van der Waals surface area contributed by atoms with Crippen LogP contribution >= 0.6 is 0 Å². The van der Waals surface area contributed by atoms with Crippen LogP contribution in [0, 0.1) is 17.8 Å². The molecule has 0 aromatic heterocycles. The maximum absolute atomic E-state index is 13.2. The number of carbonyl (C=O) groups excluding carboxylic acids is 3. The number of nitrogens with one attached hydrogen (secondary N) is 3. The number of guanidine groups is 1. The van der Waals surface area contributed by atoms with Crippen LogP contribution in [0.1, 0.15) is 73.6 Å². The highest BCUT2D eigenvalue weighted by Gasteiger charge is 2.32. The van der Waals surface area contributed by atoms with Crippen molar-refractivity contribution in [3.05, 3.63) is 0 Å². The number of hydrogen-bond donors (Lipinski definition) is 7. The topological polar surface area (TPSA) is 215 Å². The third-order valence-corrected chi connectivity index (χ3v) is 6.25. The normalized spacial score (nSPS) is 16.1. The molecule has 0 fully saturated rings. The first-order valence-corrected chi connectivity index (χ1v) is 12.7. The van der Waals surface area contributed by atoms with Crippen molar-refractivity contribution < 1.29 is 24.3 Å². The van der Waals surface area contributed by atoms with Gasteiger partial charge in [-0.1, -0.05) is 54.4 Å². The molecular weight excluding hydrogens is 466 g/mol. The average Bonchev–Trinajstić information content (AvgIpc) is 2.81. The van der Waals surface area contributed by atoms with Crippen LogP contribution < -0.4 is 33.2 Å². The lowest BCUT2D eigenvalue weighted by Crippen LogP contribution is -2.58. The molecule has 3 amide bonds. The predicted octanol–water partition coefficient (Wildman–Crippen LogP) is 0.0446. The Morgan fingerprint density at radius 1 is 0.833 bits per heavy atom. The minimum Gasteiger partial charge on any atom is -0.480 e. The highest BCUT2D eigenvalue weighted by atomic mass is 16.4. The summed E-state index contributed by atoms with van der Waals surface area (Å²) in [5.41, 5.74) is 16.7. The van der Waals surface area contributed by atoms with Crippen molar-refractivity contribution in [2.45, 2.75) is 97.8 Å². The van der Waals surface area contributed by atoms with Crippen molar-refractivity contribution in [2.24, 2.45) is 39.9 Å². The number of hydrogen-bond acceptors (Lipinski definition) is 6. The van der Waals surface area contributed by atoms with Crippen LogP contribution in [0.5, 0.6) is 0 Å². The quantitative estimate of drug-likeness (QED) is 0.0798. The van der Waals surface area contributed by atoms with Gasteiger partial charge >= 0.3 is 5.97 Å². The minimum absolute atomic E-state index is 0.0665. The smallest absolute Gasteiger partial charge is 0.326 e. The van der Waals surface area contributed by atoms with Gasteiger partial charge in [-0.25, -0.2) is 4.79 Å². The molecule has 0 aromatic carbocycles. The van der Waals surface area contributed by atoms with Gasteiger partial charge in [0, 0.05) is 6.54 Å². The molecule has 0 saturated heterocycles. The molecule has 208 valence electrons. The second kappa shape index (κ2) is 16.7. The molecule has 0 radical (unpaired) electrons. The molecule has 0 aliphatic heterocycles. The van der Waals surface area contributed by atoms with Gasteiger partial charge in [0.05, 0.1) is 6.04 Å². The third kappa shape index (κ3) is 12.2. The number of aliphatic carboxylic acids is 1. The Morgan fingerprint density at radius 2 is 1.36 bits per heavy atom. The van der Waals surface area contributed by atoms with Crippen molar-refractivity contribution in [3.8, 4) is 0 Å². The van der Waals surface area contributed by atoms with Gasteiger partial charge in [-0.05, 0) is 37.0 Å². The summed E-state index contributed by atoms with van der Waals surface area (Å²) < 4.78 is 0. The lowest BCUT2D eigenvalue weighted by Gasteiger charge is -2.27. The predicted molar refractivity (Wildman–Crippen MR) is 140 cm³/mol. The third-order valence-electron chi connectivity index (χ3n) is 6.25. The van der Waals surface area contributed by atoms with Crippen molar-refractivity contribution in [1.82, 2.24) is 16.0 Å². The van der Waals surface area contributed by atoms with E-state index in [0.717, 1.165) is 0 Å². The van der Waals surface area contributed by atoms with Crippen molar-refractivity contribution in [1.29, 1.82) is 0 Å². The molecule has 0 heterocycles. The van der Waals surface area contributed by atoms with E-state index in [1.807, 2.05) is 34.6 Å². The van der Waals surface area contributed by atoms with Crippen LogP contribution in [0.25, 0.3) is 0 Å². The van der Waals surface area contributed by atoms with Gasteiger partial charge in [0.1, 0.15) is 18.1 Å². The zero-order chi connectivity index (χ0) is 28.0. The number of aliphatic imine (C=N–C) groups is 1. The molecule has 0 saturated carbocycles. The van der Waals surface area contributed by atoms with E-state index < -0.39 is 47.9 Å². The summed E-state index contributed by atoms with van der Waals surface area (Å²) in [5.74, 6) is -3.21. The first-order chi connectivity index (χ1) is 16.7. The Balaban J connectivity index is 5.72. The molecule has 0 rings (SSSR count). The molecule has 6 atom stereocenters. The van der Waals surface area contributed by atoms with E-state index in [4.69, 9.17) is 17.2 Å². The number of carbonyl (C=O) groups is 4. The van der Waals surface area contributed by atoms with E-state index in [2.05, 4.69) is 20.9 Å². The van der Waals surface area contributed by atoms with E-state index in [-0.39, 0.29) is 36.7 Å². The summed E-state index contributed by atoms with van der Waals surface area (Å²) >= 11 is 0. The van der Waals surface area contributed by atoms with E-state index in [9.17, 15) is 24.3 Å². The molecule has 10 N–H and O–H groups in total. The number of nitrogens with two attached hydrogens (primary N) is 3. The van der Waals surface area contributed by atoms with Crippen LogP contribution in [0.3, 0.4) is 0 Å². The van der Waals surface area contributed by atoms with Gasteiger partial charge in [-0.15, -0.1) is 0 Å². The first kappa shape index (κ1) is 33.1. The van der Waals surface area contributed by atoms with E-state index in [0.29, 0.717) is 25.7 Å². The molecule has 0 aliphatic rings. The van der Waals surface area contributed by atoms with Crippen molar-refractivity contribution >= 4 is 29.7 Å².